The van der Waals surface area contributed by atoms with E-state index in [1.807, 2.05) is 33.3 Å². The third-order valence-corrected chi connectivity index (χ3v) is 5.44. The van der Waals surface area contributed by atoms with Gasteiger partial charge in [0.25, 0.3) is 0 Å². The number of aliphatic hydroxyl groups is 1. The molecule has 0 bridgehead atoms. The van der Waals surface area contributed by atoms with Gasteiger partial charge in [0.2, 0.25) is 0 Å². The van der Waals surface area contributed by atoms with Gasteiger partial charge in [0.05, 0.1) is 36.5 Å². The Morgan fingerprint density at radius 2 is 1.47 bits per heavy atom. The summed E-state index contributed by atoms with van der Waals surface area (Å²) in [6.45, 7) is 0.694. The van der Waals surface area contributed by atoms with Crippen LogP contribution >= 0.6 is 0 Å². The smallest absolute Gasteiger partial charge is 0.119 e. The summed E-state index contributed by atoms with van der Waals surface area (Å²) in [5.74, 6) is 0.827. The number of hydrogen-bond donors (Lipinski definition) is 2. The minimum absolute atomic E-state index is 0.114. The van der Waals surface area contributed by atoms with E-state index >= 15 is 0 Å². The lowest BCUT2D eigenvalue weighted by molar-refractivity contribution is 0.304. The van der Waals surface area contributed by atoms with E-state index in [4.69, 9.17) is 4.74 Å². The first-order valence-corrected chi connectivity index (χ1v) is 10.0. The molecule has 0 fully saturated rings. The minimum atomic E-state index is 0.114. The fraction of sp³-hybridized carbons (Fsp3) is 0.250. The highest BCUT2D eigenvalue weighted by atomic mass is 16.5. The predicted molar refractivity (Wildman–Crippen MR) is 126 cm³/mol. The molecule has 6 heteroatoms. The van der Waals surface area contributed by atoms with Gasteiger partial charge in [0, 0.05) is 44.7 Å². The molecule has 30 heavy (non-hydrogen) atoms. The number of likely N-dealkylation sites (N-methyl/N-ethyl adjacent to an activating group) is 1. The third kappa shape index (κ3) is 3.62. The molecule has 3 aromatic rings. The van der Waals surface area contributed by atoms with Crippen LogP contribution in [-0.4, -0.2) is 46.5 Å². The van der Waals surface area contributed by atoms with Gasteiger partial charge in [0.1, 0.15) is 5.75 Å². The van der Waals surface area contributed by atoms with Crippen LogP contribution in [0.4, 0.5) is 39.8 Å². The highest BCUT2D eigenvalue weighted by Gasteiger charge is 2.25. The molecule has 1 aliphatic rings. The predicted octanol–water partition coefficient (Wildman–Crippen LogP) is 4.72. The highest BCUT2D eigenvalue weighted by molar-refractivity contribution is 5.98. The molecule has 0 amide bonds. The number of aliphatic hydroxyl groups excluding tert-OH is 1. The maximum Gasteiger partial charge on any atom is 0.119 e. The molecular weight excluding hydrogens is 376 g/mol. The maximum atomic E-state index is 9.35. The largest absolute Gasteiger partial charge is 0.497 e. The summed E-state index contributed by atoms with van der Waals surface area (Å²) >= 11 is 0. The molecule has 6 nitrogen and oxygen atoms in total. The van der Waals surface area contributed by atoms with Gasteiger partial charge in [-0.05, 0) is 60.7 Å². The number of fused-ring (bicyclic) bond motifs is 2. The fourth-order valence-electron chi connectivity index (χ4n) is 3.70. The monoisotopic (exact) mass is 404 g/mol. The molecule has 0 aromatic heterocycles. The van der Waals surface area contributed by atoms with Gasteiger partial charge in [-0.3, -0.25) is 0 Å². The fourth-order valence-corrected chi connectivity index (χ4v) is 3.70. The number of nitrogens with zero attached hydrogens (tertiary/aromatic N) is 3. The van der Waals surface area contributed by atoms with E-state index < -0.39 is 0 Å². The van der Waals surface area contributed by atoms with Crippen LogP contribution in [0.5, 0.6) is 5.75 Å². The van der Waals surface area contributed by atoms with Crippen molar-refractivity contribution in [2.75, 3.05) is 61.4 Å². The quantitative estimate of drug-likeness (QED) is 0.485. The van der Waals surface area contributed by atoms with E-state index in [0.717, 1.165) is 45.6 Å². The van der Waals surface area contributed by atoms with E-state index in [1.165, 1.54) is 0 Å². The Bertz CT molecular complexity index is 1030. The van der Waals surface area contributed by atoms with Crippen molar-refractivity contribution in [1.82, 2.24) is 0 Å². The number of anilines is 7. The SMILES string of the molecule is COc1ccc(N2c3cc(N(C)C)ccc3Nc3ccc(N(C)CCO)cc32)cc1. The second-order valence-corrected chi connectivity index (χ2v) is 7.60. The lowest BCUT2D eigenvalue weighted by atomic mass is 10.1. The van der Waals surface area contributed by atoms with Crippen LogP contribution in [0.25, 0.3) is 0 Å². The molecule has 0 radical (unpaired) electrons. The Hall–Kier alpha value is -3.38. The molecule has 0 aliphatic carbocycles. The second kappa shape index (κ2) is 8.16. The lowest BCUT2D eigenvalue weighted by Crippen LogP contribution is -2.23. The van der Waals surface area contributed by atoms with Crippen LogP contribution in [-0.2, 0) is 0 Å². The van der Waals surface area contributed by atoms with Crippen LogP contribution in [0.2, 0.25) is 0 Å². The molecule has 1 aliphatic heterocycles. The molecule has 0 saturated carbocycles. The van der Waals surface area contributed by atoms with E-state index in [-0.39, 0.29) is 6.61 Å². The van der Waals surface area contributed by atoms with Crippen molar-refractivity contribution in [3.63, 3.8) is 0 Å². The van der Waals surface area contributed by atoms with E-state index in [2.05, 4.69) is 68.5 Å². The Balaban J connectivity index is 1.88. The van der Waals surface area contributed by atoms with Gasteiger partial charge >= 0.3 is 0 Å². The first-order valence-electron chi connectivity index (χ1n) is 10.0. The minimum Gasteiger partial charge on any atom is -0.497 e. The van der Waals surface area contributed by atoms with Crippen LogP contribution < -0.4 is 24.8 Å². The molecule has 0 unspecified atom stereocenters. The summed E-state index contributed by atoms with van der Waals surface area (Å²) in [5.41, 5.74) is 7.48. The summed E-state index contributed by atoms with van der Waals surface area (Å²) in [6, 6.07) is 20.9. The van der Waals surface area contributed by atoms with Gasteiger partial charge in [-0.15, -0.1) is 0 Å². The van der Waals surface area contributed by atoms with E-state index in [1.54, 1.807) is 7.11 Å². The molecule has 4 rings (SSSR count). The van der Waals surface area contributed by atoms with Crippen LogP contribution in [0.3, 0.4) is 0 Å². The standard InChI is InChI=1S/C24H28N4O2/c1-26(2)18-7-11-21-23(15-18)28(17-5-9-20(30-4)10-6-17)24-16-19(27(3)13-14-29)8-12-22(24)25-21/h5-12,15-16,25,29H,13-14H2,1-4H3. The van der Waals surface area contributed by atoms with E-state index in [9.17, 15) is 5.11 Å². The summed E-state index contributed by atoms with van der Waals surface area (Å²) < 4.78 is 5.36. The van der Waals surface area contributed by atoms with E-state index in [0.29, 0.717) is 6.54 Å². The summed E-state index contributed by atoms with van der Waals surface area (Å²) in [4.78, 5) is 6.43. The van der Waals surface area contributed by atoms with Crippen LogP contribution in [0, 0.1) is 0 Å². The Morgan fingerprint density at radius 3 is 2.03 bits per heavy atom. The van der Waals surface area contributed by atoms with Crippen molar-refractivity contribution in [3.05, 3.63) is 60.7 Å². The summed E-state index contributed by atoms with van der Waals surface area (Å²) in [6.07, 6.45) is 0. The third-order valence-electron chi connectivity index (χ3n) is 5.44. The molecule has 0 spiro atoms. The molecule has 3 aromatic carbocycles. The first kappa shape index (κ1) is 19.9. The normalized spacial score (nSPS) is 12.0. The highest BCUT2D eigenvalue weighted by Crippen LogP contribution is 2.50. The van der Waals surface area contributed by atoms with Gasteiger partial charge in [-0.25, -0.2) is 0 Å². The van der Waals surface area contributed by atoms with Gasteiger partial charge in [-0.2, -0.15) is 0 Å². The Labute approximate surface area is 177 Å². The average Bonchev–Trinajstić information content (AvgIpc) is 2.77. The molecular formula is C24H28N4O2. The number of benzene rings is 3. The van der Waals surface area contributed by atoms with Crippen molar-refractivity contribution in [2.45, 2.75) is 0 Å². The Kier molecular flexibility index (Phi) is 5.42. The van der Waals surface area contributed by atoms with Gasteiger partial charge in [0.15, 0.2) is 0 Å². The zero-order valence-electron chi connectivity index (χ0n) is 17.9. The second-order valence-electron chi connectivity index (χ2n) is 7.60. The number of hydrogen-bond acceptors (Lipinski definition) is 6. The zero-order valence-corrected chi connectivity index (χ0v) is 17.9. The number of rotatable bonds is 6. The van der Waals surface area contributed by atoms with Crippen molar-refractivity contribution in [2.24, 2.45) is 0 Å². The summed E-state index contributed by atoms with van der Waals surface area (Å²) in [5, 5.41) is 12.9. The summed E-state index contributed by atoms with van der Waals surface area (Å²) in [7, 11) is 7.76. The van der Waals surface area contributed by atoms with Crippen molar-refractivity contribution in [1.29, 1.82) is 0 Å². The maximum absolute atomic E-state index is 9.35. The first-order chi connectivity index (χ1) is 14.5. The molecule has 156 valence electrons. The van der Waals surface area contributed by atoms with Crippen molar-refractivity contribution in [3.8, 4) is 5.75 Å². The molecule has 0 saturated heterocycles. The number of methoxy groups -OCH3 is 1. The van der Waals surface area contributed by atoms with Crippen LogP contribution in [0.15, 0.2) is 60.7 Å². The van der Waals surface area contributed by atoms with Gasteiger partial charge < -0.3 is 29.9 Å². The molecule has 2 N–H and O–H groups in total. The van der Waals surface area contributed by atoms with Gasteiger partial charge in [-0.1, -0.05) is 0 Å². The number of nitrogens with one attached hydrogen (secondary N) is 1. The Morgan fingerprint density at radius 1 is 0.867 bits per heavy atom. The van der Waals surface area contributed by atoms with Crippen LogP contribution in [0.1, 0.15) is 0 Å². The molecule has 1 heterocycles. The zero-order chi connectivity index (χ0) is 21.3. The lowest BCUT2D eigenvalue weighted by Gasteiger charge is -2.35. The van der Waals surface area contributed by atoms with Crippen molar-refractivity contribution >= 4 is 39.8 Å². The molecule has 0 atom stereocenters. The average molecular weight is 405 g/mol. The topological polar surface area (TPSA) is 51.2 Å². The van der Waals surface area contributed by atoms with Crippen molar-refractivity contribution < 1.29 is 9.84 Å². The number of ether oxygens (including phenoxy) is 1.